The summed E-state index contributed by atoms with van der Waals surface area (Å²) < 4.78 is 1.27. The van der Waals surface area contributed by atoms with E-state index in [9.17, 15) is 0 Å². The van der Waals surface area contributed by atoms with Crippen molar-refractivity contribution in [3.05, 3.63) is 233 Å². The summed E-state index contributed by atoms with van der Waals surface area (Å²) in [6.07, 6.45) is 2.26. The number of rotatable bonds is 9. The van der Waals surface area contributed by atoms with Gasteiger partial charge in [-0.1, -0.05) is 217 Å². The molecule has 10 aromatic rings. The van der Waals surface area contributed by atoms with Crippen LogP contribution in [0.4, 0.5) is 51.2 Å². The standard InChI is InChI=1S/C76H77BN3S/c1-72(2,3)53-31-37-58(38-32-53)79(69-49-81-70-40-34-55(44-61(69)70)74(7,8)9)67-45-59(78(56-27-21-16-22-28-56)57-35-29-51(30-36-57)50-23-17-14-18-24-50)46-68-71(67)77-64-47-62-63(76(12,13)42-41-75(62,10)11)48-66(64)80(68)65-39-33-54(73(4,5)6)43-60(65)52-25-19-15-20-26-52/h14-40,43-49H,41-42H2,1-13H3. The summed E-state index contributed by atoms with van der Waals surface area (Å²) in [5.41, 5.74) is 23.9. The summed E-state index contributed by atoms with van der Waals surface area (Å²) in [6.45, 7) is 30.7. The first-order chi connectivity index (χ1) is 38.5. The van der Waals surface area contributed by atoms with E-state index in [-0.39, 0.29) is 27.1 Å². The minimum atomic E-state index is -0.0754. The first-order valence-electron chi connectivity index (χ1n) is 29.2. The Morgan fingerprint density at radius 2 is 0.926 bits per heavy atom. The minimum absolute atomic E-state index is 0.00249. The molecule has 1 aromatic heterocycles. The normalized spacial score (nSPS) is 14.7. The molecule has 0 saturated carbocycles. The Balaban J connectivity index is 1.23. The number of para-hydroxylation sites is 1. The molecule has 81 heavy (non-hydrogen) atoms. The van der Waals surface area contributed by atoms with Crippen molar-refractivity contribution in [2.24, 2.45) is 0 Å². The van der Waals surface area contributed by atoms with Crippen molar-refractivity contribution in [1.29, 1.82) is 0 Å². The van der Waals surface area contributed by atoms with E-state index in [0.717, 1.165) is 58.1 Å². The molecule has 12 rings (SSSR count). The van der Waals surface area contributed by atoms with E-state index >= 15 is 0 Å². The van der Waals surface area contributed by atoms with E-state index in [2.05, 4.69) is 318 Å². The molecule has 5 heteroatoms. The molecule has 405 valence electrons. The Hall–Kier alpha value is -7.60. The molecule has 0 fully saturated rings. The lowest BCUT2D eigenvalue weighted by Gasteiger charge is -2.45. The van der Waals surface area contributed by atoms with Gasteiger partial charge in [-0.25, -0.2) is 0 Å². The number of hydrogen-bond donors (Lipinski definition) is 0. The second-order valence-corrected chi connectivity index (χ2v) is 28.2. The van der Waals surface area contributed by atoms with Crippen LogP contribution in [0, 0.1) is 0 Å². The molecule has 1 aliphatic carbocycles. The van der Waals surface area contributed by atoms with Gasteiger partial charge >= 0.3 is 0 Å². The van der Waals surface area contributed by atoms with Gasteiger partial charge in [0.2, 0.25) is 0 Å². The summed E-state index contributed by atoms with van der Waals surface area (Å²) in [7, 11) is 2.54. The first-order valence-corrected chi connectivity index (χ1v) is 30.1. The maximum Gasteiger partial charge on any atom is 0.199 e. The summed E-state index contributed by atoms with van der Waals surface area (Å²) >= 11 is 1.83. The lowest BCUT2D eigenvalue weighted by molar-refractivity contribution is 0.332. The van der Waals surface area contributed by atoms with Crippen LogP contribution in [0.25, 0.3) is 32.3 Å². The van der Waals surface area contributed by atoms with Crippen molar-refractivity contribution >= 4 is 90.8 Å². The molecular weight excluding hydrogens is 998 g/mol. The number of fused-ring (bicyclic) bond motifs is 4. The second-order valence-electron chi connectivity index (χ2n) is 27.2. The number of anilines is 9. The third kappa shape index (κ3) is 10.1. The molecular formula is C76H77BN3S. The summed E-state index contributed by atoms with van der Waals surface area (Å²) in [5, 5.41) is 3.65. The second kappa shape index (κ2) is 20.1. The quantitative estimate of drug-likeness (QED) is 0.133. The Morgan fingerprint density at radius 1 is 0.420 bits per heavy atom. The molecule has 0 bridgehead atoms. The zero-order valence-corrected chi connectivity index (χ0v) is 50.7. The molecule has 0 spiro atoms. The number of hydrogen-bond acceptors (Lipinski definition) is 4. The third-order valence-corrected chi connectivity index (χ3v) is 18.4. The van der Waals surface area contributed by atoms with Crippen LogP contribution in [0.1, 0.15) is 131 Å². The van der Waals surface area contributed by atoms with Gasteiger partial charge < -0.3 is 14.7 Å². The van der Waals surface area contributed by atoms with Crippen molar-refractivity contribution in [3.8, 4) is 22.3 Å². The molecule has 3 nitrogen and oxygen atoms in total. The van der Waals surface area contributed by atoms with E-state index < -0.39 is 0 Å². The van der Waals surface area contributed by atoms with Crippen LogP contribution >= 0.6 is 11.3 Å². The molecule has 1 aliphatic heterocycles. The van der Waals surface area contributed by atoms with Crippen LogP contribution in [-0.2, 0) is 27.1 Å². The Labute approximate surface area is 488 Å². The average molecular weight is 1080 g/mol. The molecule has 2 aliphatic rings. The number of thiophene rings is 1. The number of benzene rings is 9. The molecule has 0 amide bonds. The van der Waals surface area contributed by atoms with Gasteiger partial charge in [-0.2, -0.15) is 0 Å². The van der Waals surface area contributed by atoms with Crippen LogP contribution in [0.2, 0.25) is 0 Å². The van der Waals surface area contributed by atoms with E-state index in [1.807, 2.05) is 11.3 Å². The van der Waals surface area contributed by atoms with Gasteiger partial charge in [-0.15, -0.1) is 11.3 Å². The van der Waals surface area contributed by atoms with Crippen LogP contribution in [0.5, 0.6) is 0 Å². The molecule has 0 N–H and O–H groups in total. The predicted octanol–water partition coefficient (Wildman–Crippen LogP) is 20.9. The van der Waals surface area contributed by atoms with Gasteiger partial charge in [0.05, 0.1) is 17.1 Å². The first kappa shape index (κ1) is 54.0. The SMILES string of the molecule is CC(C)(C)c1ccc(N(c2cc(N(c3ccccc3)c3ccc(-c4ccccc4)cc3)cc3c2[B]c2cc4c(cc2N3c2ccc(C(C)(C)C)cc2-c2ccccc2)C(C)(C)CCC4(C)C)c2csc3ccc(C(C)(C)C)cc23)cc1. The summed E-state index contributed by atoms with van der Waals surface area (Å²) in [6, 6.07) is 75.9. The topological polar surface area (TPSA) is 9.72 Å². The molecule has 0 saturated heterocycles. The van der Waals surface area contributed by atoms with Gasteiger partial charge in [-0.05, 0) is 169 Å². The highest BCUT2D eigenvalue weighted by molar-refractivity contribution is 7.17. The summed E-state index contributed by atoms with van der Waals surface area (Å²) in [4.78, 5) is 7.71. The lowest BCUT2D eigenvalue weighted by Crippen LogP contribution is -2.44. The van der Waals surface area contributed by atoms with Gasteiger partial charge in [0, 0.05) is 55.2 Å². The Kier molecular flexibility index (Phi) is 13.4. The highest BCUT2D eigenvalue weighted by Crippen LogP contribution is 2.53. The van der Waals surface area contributed by atoms with E-state index in [0.29, 0.717) is 0 Å². The van der Waals surface area contributed by atoms with E-state index in [1.165, 1.54) is 77.0 Å². The van der Waals surface area contributed by atoms with Gasteiger partial charge in [0.25, 0.3) is 0 Å². The van der Waals surface area contributed by atoms with Crippen LogP contribution < -0.4 is 25.6 Å². The lowest BCUT2D eigenvalue weighted by atomic mass is 9.55. The van der Waals surface area contributed by atoms with E-state index in [1.54, 1.807) is 0 Å². The molecule has 9 aromatic carbocycles. The maximum absolute atomic E-state index is 2.65. The fraction of sp³-hybridized carbons (Fsp3) is 0.263. The zero-order chi connectivity index (χ0) is 56.8. The zero-order valence-electron chi connectivity index (χ0n) is 49.9. The van der Waals surface area contributed by atoms with Crippen molar-refractivity contribution < 1.29 is 0 Å². The van der Waals surface area contributed by atoms with Gasteiger partial charge in [0.1, 0.15) is 0 Å². The maximum atomic E-state index is 2.65. The molecule has 0 atom stereocenters. The number of nitrogens with zero attached hydrogens (tertiary/aromatic N) is 3. The Morgan fingerprint density at radius 3 is 1.54 bits per heavy atom. The Bertz CT molecular complexity index is 3950. The molecule has 1 radical (unpaired) electrons. The van der Waals surface area contributed by atoms with Gasteiger partial charge in [0.15, 0.2) is 7.28 Å². The largest absolute Gasteiger partial charge is 0.311 e. The van der Waals surface area contributed by atoms with Crippen LogP contribution in [-0.4, -0.2) is 7.28 Å². The fourth-order valence-corrected chi connectivity index (χ4v) is 13.3. The van der Waals surface area contributed by atoms with Crippen LogP contribution in [0.3, 0.4) is 0 Å². The predicted molar refractivity (Wildman–Crippen MR) is 353 cm³/mol. The monoisotopic (exact) mass is 1070 g/mol. The minimum Gasteiger partial charge on any atom is -0.311 e. The average Bonchev–Trinajstić information content (AvgIpc) is 4.07. The van der Waals surface area contributed by atoms with Crippen molar-refractivity contribution in [1.82, 2.24) is 0 Å². The fourth-order valence-electron chi connectivity index (χ4n) is 12.4. The van der Waals surface area contributed by atoms with Crippen molar-refractivity contribution in [2.45, 2.75) is 130 Å². The van der Waals surface area contributed by atoms with Crippen molar-refractivity contribution in [2.75, 3.05) is 14.7 Å². The summed E-state index contributed by atoms with van der Waals surface area (Å²) in [5.74, 6) is 0. The smallest absolute Gasteiger partial charge is 0.199 e. The molecule has 2 heterocycles. The third-order valence-electron chi connectivity index (χ3n) is 17.5. The van der Waals surface area contributed by atoms with Crippen LogP contribution in [0.15, 0.2) is 206 Å². The molecule has 0 unspecified atom stereocenters. The highest BCUT2D eigenvalue weighted by atomic mass is 32.1. The highest BCUT2D eigenvalue weighted by Gasteiger charge is 2.41. The van der Waals surface area contributed by atoms with E-state index in [4.69, 9.17) is 0 Å². The van der Waals surface area contributed by atoms with Gasteiger partial charge in [-0.3, -0.25) is 0 Å². The van der Waals surface area contributed by atoms with Crippen molar-refractivity contribution in [3.63, 3.8) is 0 Å².